The molecule has 0 radical (unpaired) electrons. The number of aryl methyl sites for hydroxylation is 1. The van der Waals surface area contributed by atoms with Gasteiger partial charge in [0.1, 0.15) is 0 Å². The summed E-state index contributed by atoms with van der Waals surface area (Å²) in [6, 6.07) is 13.4. The van der Waals surface area contributed by atoms with E-state index in [0.29, 0.717) is 17.3 Å². The molecule has 1 N–H and O–H groups in total. The molecule has 5 nitrogen and oxygen atoms in total. The molecule has 2 aromatic carbocycles. The van der Waals surface area contributed by atoms with E-state index >= 15 is 0 Å². The van der Waals surface area contributed by atoms with Crippen LogP contribution < -0.4 is 15.1 Å². The van der Waals surface area contributed by atoms with Crippen molar-refractivity contribution >= 4 is 40.5 Å². The lowest BCUT2D eigenvalue weighted by molar-refractivity contribution is -0.117. The van der Waals surface area contributed by atoms with Gasteiger partial charge in [0.2, 0.25) is 11.8 Å². The maximum absolute atomic E-state index is 12.4. The molecular formula is C22H26ClN3O2. The van der Waals surface area contributed by atoms with Crippen LogP contribution in [0.4, 0.5) is 17.1 Å². The number of nitrogens with zero attached hydrogens (tertiary/aromatic N) is 2. The summed E-state index contributed by atoms with van der Waals surface area (Å²) in [5.41, 5.74) is 3.63. The quantitative estimate of drug-likeness (QED) is 0.770. The Morgan fingerprint density at radius 2 is 1.79 bits per heavy atom. The largest absolute Gasteiger partial charge is 0.372 e. The third-order valence-electron chi connectivity index (χ3n) is 5.05. The van der Waals surface area contributed by atoms with E-state index in [1.807, 2.05) is 37.3 Å². The number of anilines is 3. The smallest absolute Gasteiger partial charge is 0.226 e. The van der Waals surface area contributed by atoms with Crippen LogP contribution in [-0.4, -0.2) is 31.4 Å². The molecule has 0 saturated carbocycles. The van der Waals surface area contributed by atoms with Crippen LogP contribution in [0.5, 0.6) is 0 Å². The lowest BCUT2D eigenvalue weighted by atomic mass is 10.2. The zero-order valence-electron chi connectivity index (χ0n) is 16.4. The van der Waals surface area contributed by atoms with E-state index in [4.69, 9.17) is 11.6 Å². The van der Waals surface area contributed by atoms with Gasteiger partial charge in [-0.15, -0.1) is 0 Å². The molecule has 28 heavy (non-hydrogen) atoms. The third kappa shape index (κ3) is 5.04. The molecular weight excluding hydrogens is 374 g/mol. The van der Waals surface area contributed by atoms with E-state index in [-0.39, 0.29) is 18.2 Å². The van der Waals surface area contributed by atoms with Crippen molar-refractivity contribution in [2.45, 2.75) is 33.1 Å². The van der Waals surface area contributed by atoms with Crippen LogP contribution in [0.1, 0.15) is 31.7 Å². The molecule has 148 valence electrons. The molecule has 0 spiro atoms. The predicted octanol–water partition coefficient (Wildman–Crippen LogP) is 4.63. The second kappa shape index (κ2) is 9.11. The van der Waals surface area contributed by atoms with Crippen molar-refractivity contribution in [3.05, 3.63) is 53.1 Å². The van der Waals surface area contributed by atoms with Gasteiger partial charge in [0.05, 0.1) is 0 Å². The monoisotopic (exact) mass is 399 g/mol. The topological polar surface area (TPSA) is 52.7 Å². The fourth-order valence-corrected chi connectivity index (χ4v) is 3.61. The van der Waals surface area contributed by atoms with Crippen molar-refractivity contribution in [1.29, 1.82) is 0 Å². The van der Waals surface area contributed by atoms with Crippen LogP contribution in [0, 0.1) is 6.92 Å². The lowest BCUT2D eigenvalue weighted by Crippen LogP contribution is -2.32. The Bertz CT molecular complexity index is 845. The fraction of sp³-hybridized carbons (Fsp3) is 0.364. The summed E-state index contributed by atoms with van der Waals surface area (Å²) in [5, 5.41) is 3.45. The second-order valence-corrected chi connectivity index (χ2v) is 7.58. The van der Waals surface area contributed by atoms with E-state index in [0.717, 1.165) is 24.3 Å². The van der Waals surface area contributed by atoms with Gasteiger partial charge >= 0.3 is 0 Å². The van der Waals surface area contributed by atoms with Gasteiger partial charge in [-0.3, -0.25) is 9.59 Å². The van der Waals surface area contributed by atoms with Crippen molar-refractivity contribution in [3.63, 3.8) is 0 Å². The maximum atomic E-state index is 12.4. The van der Waals surface area contributed by atoms with Gasteiger partial charge in [0, 0.05) is 55.1 Å². The first kappa shape index (κ1) is 20.2. The average molecular weight is 400 g/mol. The van der Waals surface area contributed by atoms with E-state index in [1.54, 1.807) is 17.0 Å². The molecule has 2 aromatic rings. The minimum Gasteiger partial charge on any atom is -0.372 e. The molecule has 0 aliphatic carbocycles. The van der Waals surface area contributed by atoms with Crippen molar-refractivity contribution in [3.8, 4) is 0 Å². The molecule has 0 aromatic heterocycles. The van der Waals surface area contributed by atoms with Gasteiger partial charge < -0.3 is 15.1 Å². The summed E-state index contributed by atoms with van der Waals surface area (Å²) in [4.78, 5) is 28.5. The summed E-state index contributed by atoms with van der Waals surface area (Å²) < 4.78 is 0. The highest BCUT2D eigenvalue weighted by atomic mass is 35.5. The minimum atomic E-state index is -0.148. The minimum absolute atomic E-state index is 0.0827. The normalized spacial score (nSPS) is 13.5. The summed E-state index contributed by atoms with van der Waals surface area (Å²) in [7, 11) is 0. The molecule has 1 aliphatic heterocycles. The van der Waals surface area contributed by atoms with Crippen LogP contribution >= 0.6 is 11.6 Å². The van der Waals surface area contributed by atoms with E-state index < -0.39 is 0 Å². The van der Waals surface area contributed by atoms with Gasteiger partial charge in [0.15, 0.2) is 0 Å². The Kier molecular flexibility index (Phi) is 6.57. The molecule has 3 rings (SSSR count). The lowest BCUT2D eigenvalue weighted by Gasteiger charge is -2.23. The number of carbonyl (C=O) groups excluding carboxylic acids is 2. The SMILES string of the molecule is CC(=O)N(CCC(=O)Nc1cc(Cl)ccc1C)c1ccc(N2CCCC2)cc1. The van der Waals surface area contributed by atoms with Crippen molar-refractivity contribution in [1.82, 2.24) is 0 Å². The molecule has 6 heteroatoms. The Morgan fingerprint density at radius 1 is 1.11 bits per heavy atom. The van der Waals surface area contributed by atoms with E-state index in [9.17, 15) is 9.59 Å². The zero-order valence-corrected chi connectivity index (χ0v) is 17.1. The van der Waals surface area contributed by atoms with Crippen LogP contribution in [0.25, 0.3) is 0 Å². The molecule has 1 heterocycles. The number of rotatable bonds is 6. The Hall–Kier alpha value is -2.53. The number of carbonyl (C=O) groups is 2. The highest BCUT2D eigenvalue weighted by molar-refractivity contribution is 6.31. The second-order valence-electron chi connectivity index (χ2n) is 7.14. The van der Waals surface area contributed by atoms with Gasteiger partial charge in [-0.25, -0.2) is 0 Å². The highest BCUT2D eigenvalue weighted by Gasteiger charge is 2.16. The Labute approximate surface area is 171 Å². The number of hydrogen-bond acceptors (Lipinski definition) is 3. The van der Waals surface area contributed by atoms with Crippen molar-refractivity contribution in [2.24, 2.45) is 0 Å². The van der Waals surface area contributed by atoms with Gasteiger partial charge in [0.25, 0.3) is 0 Å². The Morgan fingerprint density at radius 3 is 2.43 bits per heavy atom. The predicted molar refractivity (Wildman–Crippen MR) is 115 cm³/mol. The molecule has 1 fully saturated rings. The standard InChI is InChI=1S/C22H26ClN3O2/c1-16-5-6-18(23)15-21(16)24-22(28)11-14-26(17(2)27)20-9-7-19(8-10-20)25-12-3-4-13-25/h5-10,15H,3-4,11-14H2,1-2H3,(H,24,28). The Balaban J connectivity index is 1.62. The van der Waals surface area contributed by atoms with Gasteiger partial charge in [-0.2, -0.15) is 0 Å². The maximum Gasteiger partial charge on any atom is 0.226 e. The number of halogens is 1. The fourth-order valence-electron chi connectivity index (χ4n) is 3.44. The zero-order chi connectivity index (χ0) is 20.1. The first-order valence-corrected chi connectivity index (χ1v) is 10.0. The first-order chi connectivity index (χ1) is 13.4. The highest BCUT2D eigenvalue weighted by Crippen LogP contribution is 2.24. The summed E-state index contributed by atoms with van der Waals surface area (Å²) in [6.45, 7) is 5.92. The number of hydrogen-bond donors (Lipinski definition) is 1. The van der Waals surface area contributed by atoms with Crippen LogP contribution in [-0.2, 0) is 9.59 Å². The molecule has 0 atom stereocenters. The van der Waals surface area contributed by atoms with Crippen LogP contribution in [0.3, 0.4) is 0 Å². The van der Waals surface area contributed by atoms with Gasteiger partial charge in [-0.05, 0) is 61.7 Å². The molecule has 2 amide bonds. The third-order valence-corrected chi connectivity index (χ3v) is 5.28. The first-order valence-electron chi connectivity index (χ1n) is 9.63. The molecule has 1 aliphatic rings. The molecule has 1 saturated heterocycles. The number of nitrogens with one attached hydrogen (secondary N) is 1. The van der Waals surface area contributed by atoms with E-state index in [1.165, 1.54) is 25.5 Å². The van der Waals surface area contributed by atoms with Crippen molar-refractivity contribution < 1.29 is 9.59 Å². The van der Waals surface area contributed by atoms with Crippen LogP contribution in [0.2, 0.25) is 5.02 Å². The molecule has 0 unspecified atom stereocenters. The number of benzene rings is 2. The van der Waals surface area contributed by atoms with Gasteiger partial charge in [-0.1, -0.05) is 17.7 Å². The molecule has 0 bridgehead atoms. The van der Waals surface area contributed by atoms with Crippen molar-refractivity contribution in [2.75, 3.05) is 34.8 Å². The summed E-state index contributed by atoms with van der Waals surface area (Å²) >= 11 is 6.00. The van der Waals surface area contributed by atoms with E-state index in [2.05, 4.69) is 10.2 Å². The average Bonchev–Trinajstić information content (AvgIpc) is 3.20. The summed E-state index contributed by atoms with van der Waals surface area (Å²) in [6.07, 6.45) is 2.66. The number of amides is 2. The summed E-state index contributed by atoms with van der Waals surface area (Å²) in [5.74, 6) is -0.231. The van der Waals surface area contributed by atoms with Crippen LogP contribution in [0.15, 0.2) is 42.5 Å².